The molecule has 0 aliphatic rings. The molecule has 0 atom stereocenters. The van der Waals surface area contributed by atoms with Gasteiger partial charge < -0.3 is 8.97 Å². The van der Waals surface area contributed by atoms with Gasteiger partial charge in [0, 0.05) is 0 Å². The zero-order chi connectivity index (χ0) is 19.7. The average Bonchev–Trinajstić information content (AvgIpc) is 2.57. The van der Waals surface area contributed by atoms with Crippen molar-refractivity contribution in [1.82, 2.24) is 0 Å². The molecule has 158 valence electrons. The number of hydrogen-bond acceptors (Lipinski definition) is 2. The maximum absolute atomic E-state index is 2.41. The van der Waals surface area contributed by atoms with Crippen LogP contribution in [0, 0.1) is 0 Å². The van der Waals surface area contributed by atoms with Crippen LogP contribution in [0.1, 0.15) is 78.1 Å². The third-order valence-corrected chi connectivity index (χ3v) is 7.74. The molecule has 26 heavy (non-hydrogen) atoms. The summed E-state index contributed by atoms with van der Waals surface area (Å²) < 4.78 is 2.39. The summed E-state index contributed by atoms with van der Waals surface area (Å²) in [5.74, 6) is 2.58. The summed E-state index contributed by atoms with van der Waals surface area (Å²) in [6.07, 6.45) is 14.0. The molecule has 0 aromatic carbocycles. The van der Waals surface area contributed by atoms with E-state index in [0.717, 1.165) is 0 Å². The molecule has 0 aliphatic carbocycles. The molecule has 0 unspecified atom stereocenters. The second-order valence-corrected chi connectivity index (χ2v) is 11.9. The van der Waals surface area contributed by atoms with E-state index in [1.807, 2.05) is 0 Å². The third-order valence-electron chi connectivity index (χ3n) is 5.38. The highest BCUT2D eigenvalue weighted by Gasteiger charge is 2.16. The van der Waals surface area contributed by atoms with Gasteiger partial charge in [0.05, 0.1) is 65.9 Å². The second kappa shape index (κ2) is 16.6. The molecule has 4 heteroatoms. The van der Waals surface area contributed by atoms with E-state index < -0.39 is 0 Å². The summed E-state index contributed by atoms with van der Waals surface area (Å²) in [6, 6.07) is 0. The van der Waals surface area contributed by atoms with Crippen LogP contribution in [0.15, 0.2) is 0 Å². The molecule has 0 aliphatic heterocycles. The Kier molecular flexibility index (Phi) is 17.0. The molecular weight excluding hydrogens is 356 g/mol. The van der Waals surface area contributed by atoms with Crippen molar-refractivity contribution in [2.24, 2.45) is 0 Å². The van der Waals surface area contributed by atoms with Gasteiger partial charge in [-0.15, -0.1) is 0 Å². The summed E-state index contributed by atoms with van der Waals surface area (Å²) in [6.45, 7) is 9.89. The molecule has 0 aromatic rings. The van der Waals surface area contributed by atoms with Crippen LogP contribution in [-0.2, 0) is 0 Å². The first-order chi connectivity index (χ1) is 12.3. The van der Waals surface area contributed by atoms with Crippen LogP contribution in [0.25, 0.3) is 0 Å². The third kappa shape index (κ3) is 18.0. The van der Waals surface area contributed by atoms with Crippen molar-refractivity contribution in [3.05, 3.63) is 0 Å². The normalized spacial score (nSPS) is 12.7. The lowest BCUT2D eigenvalue weighted by molar-refractivity contribution is -0.888. The van der Waals surface area contributed by atoms with Gasteiger partial charge in [-0.05, 0) is 25.7 Å². The molecular formula is C22H50N2S2+2. The van der Waals surface area contributed by atoms with E-state index in [4.69, 9.17) is 0 Å². The Morgan fingerprint density at radius 2 is 0.808 bits per heavy atom. The van der Waals surface area contributed by atoms with Gasteiger partial charge in [0.15, 0.2) is 0 Å². The Hall–Kier alpha value is 0.620. The van der Waals surface area contributed by atoms with Crippen molar-refractivity contribution < 1.29 is 8.97 Å². The zero-order valence-corrected chi connectivity index (χ0v) is 20.7. The fourth-order valence-electron chi connectivity index (χ4n) is 3.20. The van der Waals surface area contributed by atoms with Crippen LogP contribution in [0.5, 0.6) is 0 Å². The van der Waals surface area contributed by atoms with Gasteiger partial charge in [0.1, 0.15) is 0 Å². The monoisotopic (exact) mass is 406 g/mol. The standard InChI is InChI=1S/C22H50N2S2/c1-7-9-11-13-15-17-23(3,4)19-21-25-26-22-20-24(5,6)18-16-14-12-10-8-2/h7-22H2,1-6H3/q+2. The summed E-state index contributed by atoms with van der Waals surface area (Å²) in [5.41, 5.74) is 0. The Balaban J connectivity index is 3.59. The second-order valence-electron chi connectivity index (χ2n) is 9.24. The largest absolute Gasteiger partial charge is 0.328 e. The number of rotatable bonds is 19. The Morgan fingerprint density at radius 3 is 1.15 bits per heavy atom. The van der Waals surface area contributed by atoms with Crippen molar-refractivity contribution in [3.8, 4) is 0 Å². The quantitative estimate of drug-likeness (QED) is 0.137. The molecule has 0 spiro atoms. The molecule has 0 amide bonds. The van der Waals surface area contributed by atoms with Gasteiger partial charge in [0.25, 0.3) is 0 Å². The van der Waals surface area contributed by atoms with E-state index in [9.17, 15) is 0 Å². The first-order valence-electron chi connectivity index (χ1n) is 11.2. The maximum atomic E-state index is 2.41. The highest BCUT2D eigenvalue weighted by Crippen LogP contribution is 2.22. The van der Waals surface area contributed by atoms with Crippen molar-refractivity contribution >= 4 is 21.6 Å². The topological polar surface area (TPSA) is 0 Å². The van der Waals surface area contributed by atoms with E-state index in [2.05, 4.69) is 63.6 Å². The summed E-state index contributed by atoms with van der Waals surface area (Å²) in [7, 11) is 13.8. The van der Waals surface area contributed by atoms with E-state index >= 15 is 0 Å². The van der Waals surface area contributed by atoms with Crippen LogP contribution < -0.4 is 0 Å². The van der Waals surface area contributed by atoms with E-state index in [0.29, 0.717) is 0 Å². The lowest BCUT2D eigenvalue weighted by Crippen LogP contribution is -2.42. The van der Waals surface area contributed by atoms with Crippen LogP contribution >= 0.6 is 21.6 Å². The number of nitrogens with zero attached hydrogens (tertiary/aromatic N) is 2. The molecule has 0 rings (SSSR count). The summed E-state index contributed by atoms with van der Waals surface area (Å²) in [5, 5.41) is 0. The molecule has 2 nitrogen and oxygen atoms in total. The van der Waals surface area contributed by atoms with Crippen molar-refractivity contribution in [2.45, 2.75) is 78.1 Å². The van der Waals surface area contributed by atoms with Crippen LogP contribution in [0.3, 0.4) is 0 Å². The number of unbranched alkanes of at least 4 members (excludes halogenated alkanes) is 8. The smallest absolute Gasteiger partial charge is 0.0882 e. The van der Waals surface area contributed by atoms with Gasteiger partial charge >= 0.3 is 0 Å². The average molecular weight is 407 g/mol. The predicted molar refractivity (Wildman–Crippen MR) is 126 cm³/mol. The van der Waals surface area contributed by atoms with Crippen molar-refractivity contribution in [3.63, 3.8) is 0 Å². The first-order valence-corrected chi connectivity index (χ1v) is 13.7. The van der Waals surface area contributed by atoms with Gasteiger partial charge in [-0.3, -0.25) is 0 Å². The molecule has 0 radical (unpaired) electrons. The van der Waals surface area contributed by atoms with Gasteiger partial charge in [-0.1, -0.05) is 74.0 Å². The van der Waals surface area contributed by atoms with Gasteiger partial charge in [0.2, 0.25) is 0 Å². The van der Waals surface area contributed by atoms with E-state index in [1.165, 1.54) is 111 Å². The molecule has 0 heterocycles. The van der Waals surface area contributed by atoms with Crippen molar-refractivity contribution in [2.75, 3.05) is 65.9 Å². The highest BCUT2D eigenvalue weighted by atomic mass is 33.1. The molecule has 0 saturated heterocycles. The molecule has 0 aromatic heterocycles. The SMILES string of the molecule is CCCCCCC[N+](C)(C)CCSSCC[N+](C)(C)CCCCCCC. The molecule has 0 N–H and O–H groups in total. The summed E-state index contributed by atoms with van der Waals surface area (Å²) >= 11 is 0. The lowest BCUT2D eigenvalue weighted by atomic mass is 10.1. The van der Waals surface area contributed by atoms with Crippen LogP contribution in [0.2, 0.25) is 0 Å². The minimum absolute atomic E-state index is 1.19. The fraction of sp³-hybridized carbons (Fsp3) is 1.00. The number of quaternary nitrogens is 2. The Morgan fingerprint density at radius 1 is 0.462 bits per heavy atom. The number of hydrogen-bond donors (Lipinski definition) is 0. The van der Waals surface area contributed by atoms with Crippen molar-refractivity contribution in [1.29, 1.82) is 0 Å². The Labute approximate surface area is 174 Å². The molecule has 0 bridgehead atoms. The van der Waals surface area contributed by atoms with Gasteiger partial charge in [-0.25, -0.2) is 0 Å². The lowest BCUT2D eigenvalue weighted by Gasteiger charge is -2.30. The maximum Gasteiger partial charge on any atom is 0.0882 e. The zero-order valence-electron chi connectivity index (χ0n) is 19.0. The molecule has 0 fully saturated rings. The van der Waals surface area contributed by atoms with Gasteiger partial charge in [-0.2, -0.15) is 0 Å². The van der Waals surface area contributed by atoms with E-state index in [1.54, 1.807) is 0 Å². The minimum Gasteiger partial charge on any atom is -0.328 e. The Bertz CT molecular complexity index is 277. The predicted octanol–water partition coefficient (Wildman–Crippen LogP) is 6.46. The fourth-order valence-corrected chi connectivity index (χ4v) is 5.72. The summed E-state index contributed by atoms with van der Waals surface area (Å²) in [4.78, 5) is 0. The first kappa shape index (κ1) is 26.6. The van der Waals surface area contributed by atoms with Crippen LogP contribution in [0.4, 0.5) is 0 Å². The molecule has 0 saturated carbocycles. The van der Waals surface area contributed by atoms with Crippen LogP contribution in [-0.4, -0.2) is 74.8 Å². The minimum atomic E-state index is 1.19. The highest BCUT2D eigenvalue weighted by molar-refractivity contribution is 8.76. The van der Waals surface area contributed by atoms with E-state index in [-0.39, 0.29) is 0 Å².